The van der Waals surface area contributed by atoms with Crippen LogP contribution in [0.4, 0.5) is 10.1 Å². The number of rotatable bonds is 6. The van der Waals surface area contributed by atoms with Crippen molar-refractivity contribution in [2.75, 3.05) is 19.0 Å². The van der Waals surface area contributed by atoms with E-state index in [1.807, 2.05) is 26.2 Å². The minimum absolute atomic E-state index is 0.184. The third-order valence-corrected chi connectivity index (χ3v) is 3.79. The molecule has 2 aromatic rings. The maximum absolute atomic E-state index is 13.3. The van der Waals surface area contributed by atoms with Crippen LogP contribution in [-0.4, -0.2) is 14.1 Å². The Hall–Kier alpha value is -1.87. The molecule has 0 aromatic heterocycles. The van der Waals surface area contributed by atoms with Gasteiger partial charge in [0.05, 0.1) is 0 Å². The normalized spacial score (nSPS) is 12.2. The van der Waals surface area contributed by atoms with Crippen LogP contribution in [0.1, 0.15) is 30.5 Å². The van der Waals surface area contributed by atoms with Gasteiger partial charge in [-0.05, 0) is 42.8 Å². The first-order chi connectivity index (χ1) is 10.2. The van der Waals surface area contributed by atoms with Gasteiger partial charge in [-0.1, -0.05) is 37.3 Å². The molecule has 0 fully saturated rings. The number of nitrogens with one attached hydrogen (secondary N) is 1. The smallest absolute Gasteiger partial charge is 0.123 e. The van der Waals surface area contributed by atoms with Gasteiger partial charge >= 0.3 is 0 Å². The molecule has 2 nitrogen and oxygen atoms in total. The molecule has 1 atom stereocenters. The zero-order chi connectivity index (χ0) is 15.2. The van der Waals surface area contributed by atoms with Crippen LogP contribution >= 0.6 is 0 Å². The number of nitrogens with zero attached hydrogens (tertiary/aromatic N) is 1. The lowest BCUT2D eigenvalue weighted by molar-refractivity contribution is 0.575. The third kappa shape index (κ3) is 3.82. The lowest BCUT2D eigenvalue weighted by atomic mass is 10.0. The molecule has 0 aliphatic carbocycles. The highest BCUT2D eigenvalue weighted by molar-refractivity contribution is 5.54. The average Bonchev–Trinajstić information content (AvgIpc) is 2.49. The second-order valence-corrected chi connectivity index (χ2v) is 5.29. The summed E-state index contributed by atoms with van der Waals surface area (Å²) >= 11 is 0. The molecular weight excluding hydrogens is 263 g/mol. The van der Waals surface area contributed by atoms with Crippen molar-refractivity contribution < 1.29 is 4.39 Å². The summed E-state index contributed by atoms with van der Waals surface area (Å²) in [6.07, 6.45) is 1.03. The molecule has 0 radical (unpaired) electrons. The fourth-order valence-corrected chi connectivity index (χ4v) is 2.70. The minimum Gasteiger partial charge on any atom is -0.370 e. The van der Waals surface area contributed by atoms with Gasteiger partial charge in [0.25, 0.3) is 0 Å². The van der Waals surface area contributed by atoms with Gasteiger partial charge in [0.1, 0.15) is 5.82 Å². The third-order valence-electron chi connectivity index (χ3n) is 3.79. The predicted octanol–water partition coefficient (Wildman–Crippen LogP) is 4.13. The summed E-state index contributed by atoms with van der Waals surface area (Å²) in [5.41, 5.74) is 3.44. The molecule has 0 aliphatic rings. The van der Waals surface area contributed by atoms with Crippen LogP contribution in [0.5, 0.6) is 0 Å². The average molecular weight is 286 g/mol. The second kappa shape index (κ2) is 7.23. The Balaban J connectivity index is 2.25. The van der Waals surface area contributed by atoms with Crippen molar-refractivity contribution in [1.82, 2.24) is 5.32 Å². The van der Waals surface area contributed by atoms with E-state index in [9.17, 15) is 4.39 Å². The highest BCUT2D eigenvalue weighted by atomic mass is 19.1. The van der Waals surface area contributed by atoms with Crippen LogP contribution in [0.2, 0.25) is 0 Å². The van der Waals surface area contributed by atoms with E-state index in [-0.39, 0.29) is 5.82 Å². The Bertz CT molecular complexity index is 579. The molecule has 1 N–H and O–H groups in total. The predicted molar refractivity (Wildman–Crippen MR) is 87.0 cm³/mol. The lowest BCUT2D eigenvalue weighted by Gasteiger charge is -2.26. The van der Waals surface area contributed by atoms with Crippen LogP contribution in [0.3, 0.4) is 0 Å². The molecule has 0 spiro atoms. The van der Waals surface area contributed by atoms with Crippen LogP contribution in [-0.2, 0) is 6.54 Å². The van der Waals surface area contributed by atoms with Crippen LogP contribution in [0.25, 0.3) is 0 Å². The Labute approximate surface area is 126 Å². The summed E-state index contributed by atoms with van der Waals surface area (Å²) in [4.78, 5) is 2.17. The van der Waals surface area contributed by atoms with Crippen LogP contribution < -0.4 is 10.2 Å². The summed E-state index contributed by atoms with van der Waals surface area (Å²) in [6, 6.07) is 15.5. The first-order valence-electron chi connectivity index (χ1n) is 7.37. The standard InChI is InChI=1S/C18H23FN2/c1-4-17(20-2)16-10-5-6-11-18(16)21(3)13-14-8-7-9-15(19)12-14/h5-12,17,20H,4,13H2,1-3H3. The quantitative estimate of drug-likeness (QED) is 0.859. The highest BCUT2D eigenvalue weighted by Crippen LogP contribution is 2.28. The second-order valence-electron chi connectivity index (χ2n) is 5.29. The molecule has 0 aliphatic heterocycles. The van der Waals surface area contributed by atoms with Crippen LogP contribution in [0.15, 0.2) is 48.5 Å². The van der Waals surface area contributed by atoms with Crippen molar-refractivity contribution in [1.29, 1.82) is 0 Å². The highest BCUT2D eigenvalue weighted by Gasteiger charge is 2.14. The fourth-order valence-electron chi connectivity index (χ4n) is 2.70. The summed E-state index contributed by atoms with van der Waals surface area (Å²) < 4.78 is 13.3. The summed E-state index contributed by atoms with van der Waals surface area (Å²) in [5.74, 6) is -0.184. The maximum Gasteiger partial charge on any atom is 0.123 e. The first-order valence-corrected chi connectivity index (χ1v) is 7.37. The van der Waals surface area contributed by atoms with Gasteiger partial charge in [-0.15, -0.1) is 0 Å². The lowest BCUT2D eigenvalue weighted by Crippen LogP contribution is -2.22. The fraction of sp³-hybridized carbons (Fsp3) is 0.333. The van der Waals surface area contributed by atoms with Crippen molar-refractivity contribution in [2.24, 2.45) is 0 Å². The zero-order valence-corrected chi connectivity index (χ0v) is 12.9. The number of hydrogen-bond acceptors (Lipinski definition) is 2. The van der Waals surface area contributed by atoms with Crippen molar-refractivity contribution in [3.8, 4) is 0 Å². The number of para-hydroxylation sites is 1. The summed E-state index contributed by atoms with van der Waals surface area (Å²) in [7, 11) is 4.03. The Morgan fingerprint density at radius 3 is 2.57 bits per heavy atom. The Morgan fingerprint density at radius 1 is 1.14 bits per heavy atom. The van der Waals surface area contributed by atoms with E-state index in [1.165, 1.54) is 17.3 Å². The van der Waals surface area contributed by atoms with E-state index in [2.05, 4.69) is 35.3 Å². The van der Waals surface area contributed by atoms with Crippen molar-refractivity contribution in [2.45, 2.75) is 25.9 Å². The van der Waals surface area contributed by atoms with Gasteiger partial charge in [0.2, 0.25) is 0 Å². The zero-order valence-electron chi connectivity index (χ0n) is 12.9. The molecule has 0 bridgehead atoms. The Kier molecular flexibility index (Phi) is 5.34. The summed E-state index contributed by atoms with van der Waals surface area (Å²) in [6.45, 7) is 2.86. The van der Waals surface area contributed by atoms with E-state index in [4.69, 9.17) is 0 Å². The van der Waals surface area contributed by atoms with E-state index < -0.39 is 0 Å². The van der Waals surface area contributed by atoms with Crippen molar-refractivity contribution in [3.05, 3.63) is 65.5 Å². The summed E-state index contributed by atoms with van der Waals surface area (Å²) in [5, 5.41) is 3.35. The van der Waals surface area contributed by atoms with E-state index in [1.54, 1.807) is 12.1 Å². The molecule has 0 saturated carbocycles. The SMILES string of the molecule is CCC(NC)c1ccccc1N(C)Cc1cccc(F)c1. The van der Waals surface area contributed by atoms with Gasteiger partial charge in [-0.25, -0.2) is 4.39 Å². The number of hydrogen-bond donors (Lipinski definition) is 1. The molecule has 2 rings (SSSR count). The van der Waals surface area contributed by atoms with Gasteiger partial charge in [0, 0.05) is 25.3 Å². The number of halogens is 1. The maximum atomic E-state index is 13.3. The topological polar surface area (TPSA) is 15.3 Å². The van der Waals surface area contributed by atoms with Gasteiger partial charge in [-0.3, -0.25) is 0 Å². The van der Waals surface area contributed by atoms with Crippen LogP contribution in [0, 0.1) is 5.82 Å². The van der Waals surface area contributed by atoms with E-state index in [0.29, 0.717) is 12.6 Å². The van der Waals surface area contributed by atoms with Gasteiger partial charge in [0.15, 0.2) is 0 Å². The molecule has 2 aromatic carbocycles. The van der Waals surface area contributed by atoms with Gasteiger partial charge in [-0.2, -0.15) is 0 Å². The molecule has 0 heterocycles. The number of benzene rings is 2. The molecule has 0 amide bonds. The molecule has 21 heavy (non-hydrogen) atoms. The molecule has 0 saturated heterocycles. The van der Waals surface area contributed by atoms with Gasteiger partial charge < -0.3 is 10.2 Å². The first kappa shape index (κ1) is 15.5. The minimum atomic E-state index is -0.184. The molecule has 112 valence electrons. The van der Waals surface area contributed by atoms with E-state index in [0.717, 1.165) is 12.0 Å². The molecule has 1 unspecified atom stereocenters. The molecule has 3 heteroatoms. The van der Waals surface area contributed by atoms with Crippen molar-refractivity contribution >= 4 is 5.69 Å². The monoisotopic (exact) mass is 286 g/mol. The van der Waals surface area contributed by atoms with Crippen molar-refractivity contribution in [3.63, 3.8) is 0 Å². The Morgan fingerprint density at radius 2 is 1.90 bits per heavy atom. The molecular formula is C18H23FN2. The van der Waals surface area contributed by atoms with E-state index >= 15 is 0 Å². The number of anilines is 1. The largest absolute Gasteiger partial charge is 0.370 e.